The molecule has 2 N–H and O–H groups in total. The van der Waals surface area contributed by atoms with Crippen molar-refractivity contribution in [1.29, 1.82) is 0 Å². The summed E-state index contributed by atoms with van der Waals surface area (Å²) in [7, 11) is 0. The second kappa shape index (κ2) is 6.39. The number of carbonyl (C=O) groups is 2. The van der Waals surface area contributed by atoms with Crippen LogP contribution in [0, 0.1) is 12.8 Å². The summed E-state index contributed by atoms with van der Waals surface area (Å²) in [5.41, 5.74) is 6.93. The first kappa shape index (κ1) is 15.0. The average molecular weight is 339 g/mol. The average Bonchev–Trinajstić information content (AvgIpc) is 2.41. The highest BCUT2D eigenvalue weighted by Gasteiger charge is 2.25. The number of amides is 2. The number of piperidine rings is 1. The van der Waals surface area contributed by atoms with Gasteiger partial charge < -0.3 is 10.6 Å². The molecule has 5 heteroatoms. The third kappa shape index (κ3) is 3.39. The summed E-state index contributed by atoms with van der Waals surface area (Å²) in [4.78, 5) is 25.3. The second-order valence-corrected chi connectivity index (χ2v) is 6.17. The van der Waals surface area contributed by atoms with Crippen molar-refractivity contribution in [2.24, 2.45) is 11.7 Å². The molecule has 2 amide bonds. The third-order valence-electron chi connectivity index (χ3n) is 3.89. The van der Waals surface area contributed by atoms with E-state index in [-0.39, 0.29) is 11.8 Å². The smallest absolute Gasteiger partial charge is 0.254 e. The summed E-state index contributed by atoms with van der Waals surface area (Å²) in [6.45, 7) is 3.34. The molecule has 0 aromatic heterocycles. The maximum Gasteiger partial charge on any atom is 0.254 e. The van der Waals surface area contributed by atoms with Gasteiger partial charge in [-0.15, -0.1) is 0 Å². The fourth-order valence-corrected chi connectivity index (χ4v) is 3.00. The van der Waals surface area contributed by atoms with Crippen LogP contribution in [-0.4, -0.2) is 29.8 Å². The first-order valence-electron chi connectivity index (χ1n) is 6.81. The summed E-state index contributed by atoms with van der Waals surface area (Å²) >= 11 is 3.45. The van der Waals surface area contributed by atoms with E-state index < -0.39 is 0 Å². The summed E-state index contributed by atoms with van der Waals surface area (Å²) in [5.74, 6) is 0.138. The Labute approximate surface area is 127 Å². The van der Waals surface area contributed by atoms with Gasteiger partial charge in [0.05, 0.1) is 0 Å². The molecule has 1 aliphatic rings. The van der Waals surface area contributed by atoms with E-state index in [1.54, 1.807) is 0 Å². The summed E-state index contributed by atoms with van der Waals surface area (Å²) in [6.07, 6.45) is 2.13. The van der Waals surface area contributed by atoms with Crippen molar-refractivity contribution >= 4 is 27.7 Å². The lowest BCUT2D eigenvalue weighted by molar-refractivity contribution is -0.119. The van der Waals surface area contributed by atoms with Crippen molar-refractivity contribution in [2.45, 2.75) is 26.2 Å². The lowest BCUT2D eigenvalue weighted by atomic mass is 9.93. The SMILES string of the molecule is Cc1c(Br)cccc1C(=O)N1CCC(CC(N)=O)CC1. The van der Waals surface area contributed by atoms with Gasteiger partial charge in [0.15, 0.2) is 0 Å². The number of hydrogen-bond donors (Lipinski definition) is 1. The fourth-order valence-electron chi connectivity index (χ4n) is 2.63. The summed E-state index contributed by atoms with van der Waals surface area (Å²) in [6, 6.07) is 5.67. The zero-order valence-corrected chi connectivity index (χ0v) is 13.1. The van der Waals surface area contributed by atoms with Gasteiger partial charge in [-0.2, -0.15) is 0 Å². The van der Waals surface area contributed by atoms with Crippen LogP contribution in [0.25, 0.3) is 0 Å². The number of benzene rings is 1. The predicted octanol–water partition coefficient (Wildman–Crippen LogP) is 2.49. The quantitative estimate of drug-likeness (QED) is 0.920. The van der Waals surface area contributed by atoms with Crippen LogP contribution < -0.4 is 5.73 Å². The van der Waals surface area contributed by atoms with Gasteiger partial charge >= 0.3 is 0 Å². The number of halogens is 1. The number of primary amides is 1. The molecule has 1 aromatic carbocycles. The molecule has 1 aliphatic heterocycles. The number of nitrogens with zero attached hydrogens (tertiary/aromatic N) is 1. The number of nitrogens with two attached hydrogens (primary N) is 1. The maximum absolute atomic E-state index is 12.5. The molecule has 0 atom stereocenters. The highest BCUT2D eigenvalue weighted by molar-refractivity contribution is 9.10. The zero-order chi connectivity index (χ0) is 14.7. The highest BCUT2D eigenvalue weighted by Crippen LogP contribution is 2.24. The number of likely N-dealkylation sites (tertiary alicyclic amines) is 1. The van der Waals surface area contributed by atoms with Gasteiger partial charge in [0, 0.05) is 29.5 Å². The fraction of sp³-hybridized carbons (Fsp3) is 0.467. The molecule has 108 valence electrons. The lowest BCUT2D eigenvalue weighted by Gasteiger charge is -2.32. The Hall–Kier alpha value is -1.36. The van der Waals surface area contributed by atoms with Crippen molar-refractivity contribution < 1.29 is 9.59 Å². The van der Waals surface area contributed by atoms with Crippen LogP contribution >= 0.6 is 15.9 Å². The largest absolute Gasteiger partial charge is 0.370 e. The van der Waals surface area contributed by atoms with Crippen molar-refractivity contribution in [3.63, 3.8) is 0 Å². The Balaban J connectivity index is 2.02. The highest BCUT2D eigenvalue weighted by atomic mass is 79.9. The Kier molecular flexibility index (Phi) is 4.81. The van der Waals surface area contributed by atoms with Crippen LogP contribution in [0.2, 0.25) is 0 Å². The normalized spacial score (nSPS) is 16.2. The van der Waals surface area contributed by atoms with Crippen LogP contribution in [0.4, 0.5) is 0 Å². The van der Waals surface area contributed by atoms with E-state index in [1.807, 2.05) is 30.0 Å². The molecule has 2 rings (SSSR count). The van der Waals surface area contributed by atoms with E-state index >= 15 is 0 Å². The molecule has 4 nitrogen and oxygen atoms in total. The number of rotatable bonds is 3. The molecule has 0 saturated carbocycles. The van der Waals surface area contributed by atoms with Crippen LogP contribution in [0.15, 0.2) is 22.7 Å². The van der Waals surface area contributed by atoms with Gasteiger partial charge in [0.1, 0.15) is 0 Å². The molecule has 0 spiro atoms. The Morgan fingerprint density at radius 3 is 2.60 bits per heavy atom. The van der Waals surface area contributed by atoms with Crippen LogP contribution in [0.1, 0.15) is 35.2 Å². The molecule has 1 fully saturated rings. The van der Waals surface area contributed by atoms with Gasteiger partial charge in [-0.05, 0) is 43.4 Å². The van der Waals surface area contributed by atoms with E-state index in [0.29, 0.717) is 25.4 Å². The van der Waals surface area contributed by atoms with Crippen molar-refractivity contribution in [2.75, 3.05) is 13.1 Å². The van der Waals surface area contributed by atoms with Crippen LogP contribution in [-0.2, 0) is 4.79 Å². The van der Waals surface area contributed by atoms with Gasteiger partial charge in [-0.1, -0.05) is 22.0 Å². The molecule has 0 unspecified atom stereocenters. The predicted molar refractivity (Wildman–Crippen MR) is 81.3 cm³/mol. The van der Waals surface area contributed by atoms with Crippen molar-refractivity contribution in [1.82, 2.24) is 4.90 Å². The maximum atomic E-state index is 12.5. The molecule has 0 aliphatic carbocycles. The van der Waals surface area contributed by atoms with E-state index in [4.69, 9.17) is 5.73 Å². The van der Waals surface area contributed by atoms with Gasteiger partial charge in [0.25, 0.3) is 5.91 Å². The summed E-state index contributed by atoms with van der Waals surface area (Å²) in [5, 5.41) is 0. The van der Waals surface area contributed by atoms with Crippen LogP contribution in [0.5, 0.6) is 0 Å². The Bertz CT molecular complexity index is 523. The Morgan fingerprint density at radius 2 is 2.00 bits per heavy atom. The molecule has 0 bridgehead atoms. The molecule has 1 saturated heterocycles. The molecule has 1 heterocycles. The van der Waals surface area contributed by atoms with Gasteiger partial charge in [-0.25, -0.2) is 0 Å². The van der Waals surface area contributed by atoms with E-state index in [0.717, 1.165) is 28.4 Å². The molecule has 0 radical (unpaired) electrons. The van der Waals surface area contributed by atoms with E-state index in [2.05, 4.69) is 15.9 Å². The monoisotopic (exact) mass is 338 g/mol. The Morgan fingerprint density at radius 1 is 1.35 bits per heavy atom. The van der Waals surface area contributed by atoms with Crippen molar-refractivity contribution in [3.8, 4) is 0 Å². The number of hydrogen-bond acceptors (Lipinski definition) is 2. The standard InChI is InChI=1S/C15H19BrN2O2/c1-10-12(3-2-4-13(10)16)15(20)18-7-5-11(6-8-18)9-14(17)19/h2-4,11H,5-9H2,1H3,(H2,17,19). The van der Waals surface area contributed by atoms with Crippen molar-refractivity contribution in [3.05, 3.63) is 33.8 Å². The second-order valence-electron chi connectivity index (χ2n) is 5.32. The topological polar surface area (TPSA) is 63.4 Å². The first-order valence-corrected chi connectivity index (χ1v) is 7.61. The molecule has 20 heavy (non-hydrogen) atoms. The minimum absolute atomic E-state index is 0.0707. The minimum atomic E-state index is -0.252. The number of carbonyl (C=O) groups excluding carboxylic acids is 2. The van der Waals surface area contributed by atoms with E-state index in [1.165, 1.54) is 0 Å². The molecular formula is C15H19BrN2O2. The minimum Gasteiger partial charge on any atom is -0.370 e. The first-order chi connectivity index (χ1) is 9.49. The molecule has 1 aromatic rings. The zero-order valence-electron chi connectivity index (χ0n) is 11.6. The van der Waals surface area contributed by atoms with E-state index in [9.17, 15) is 9.59 Å². The molecular weight excluding hydrogens is 320 g/mol. The lowest BCUT2D eigenvalue weighted by Crippen LogP contribution is -2.39. The summed E-state index contributed by atoms with van der Waals surface area (Å²) < 4.78 is 0.951. The van der Waals surface area contributed by atoms with Gasteiger partial charge in [0.2, 0.25) is 5.91 Å². The van der Waals surface area contributed by atoms with Gasteiger partial charge in [-0.3, -0.25) is 9.59 Å². The third-order valence-corrected chi connectivity index (χ3v) is 4.75. The van der Waals surface area contributed by atoms with Crippen LogP contribution in [0.3, 0.4) is 0 Å².